The Bertz CT molecular complexity index is 904. The zero-order valence-corrected chi connectivity index (χ0v) is 21.8. The number of hydrogen-bond donors (Lipinski definition) is 4. The highest BCUT2D eigenvalue weighted by Gasteiger charge is 2.38. The summed E-state index contributed by atoms with van der Waals surface area (Å²) in [7, 11) is 0. The van der Waals surface area contributed by atoms with Crippen LogP contribution in [-0.2, 0) is 19.1 Å². The third-order valence-corrected chi connectivity index (χ3v) is 4.71. The van der Waals surface area contributed by atoms with Crippen LogP contribution in [0.15, 0.2) is 24.3 Å². The zero-order chi connectivity index (χ0) is 27.0. The number of para-hydroxylation sites is 1. The molecule has 0 bridgehead atoms. The van der Waals surface area contributed by atoms with Crippen molar-refractivity contribution >= 4 is 23.8 Å². The Hall–Kier alpha value is -3.30. The standard InChI is InChI=1S/C25H40N4O6/c1-8-15-29(20(21(32)28-24(2,3)4)16-11-9-10-12-18(16)30)22(33)17(13-14-19(26)31)27-23(34)35-25(5,6)7/h9-12,17,20,30H,8,13-15H2,1-7H3,(H2,26,31)(H,27,34)(H,28,32). The number of aromatic hydroxyl groups is 1. The third-order valence-electron chi connectivity index (χ3n) is 4.71. The van der Waals surface area contributed by atoms with Gasteiger partial charge in [-0.3, -0.25) is 14.4 Å². The molecule has 10 nitrogen and oxygen atoms in total. The number of carbonyl (C=O) groups is 4. The van der Waals surface area contributed by atoms with Crippen molar-refractivity contribution in [3.05, 3.63) is 29.8 Å². The summed E-state index contributed by atoms with van der Waals surface area (Å²) in [6.07, 6.45) is -0.591. The SMILES string of the molecule is CCCN(C(=O)C(CCC(N)=O)NC(=O)OC(C)(C)C)C(C(=O)NC(C)(C)C)c1ccccc1O. The smallest absolute Gasteiger partial charge is 0.408 e. The number of phenolic OH excluding ortho intramolecular Hbond substituents is 1. The average Bonchev–Trinajstić information content (AvgIpc) is 2.68. The molecule has 0 aliphatic rings. The molecule has 0 aromatic heterocycles. The van der Waals surface area contributed by atoms with Crippen molar-refractivity contribution < 1.29 is 29.0 Å². The minimum absolute atomic E-state index is 0.0813. The van der Waals surface area contributed by atoms with E-state index < -0.39 is 47.0 Å². The van der Waals surface area contributed by atoms with Gasteiger partial charge in [-0.2, -0.15) is 0 Å². The lowest BCUT2D eigenvalue weighted by atomic mass is 9.99. The summed E-state index contributed by atoms with van der Waals surface area (Å²) in [4.78, 5) is 52.5. The largest absolute Gasteiger partial charge is 0.508 e. The molecule has 10 heteroatoms. The van der Waals surface area contributed by atoms with E-state index in [0.29, 0.717) is 6.42 Å². The van der Waals surface area contributed by atoms with Crippen LogP contribution in [-0.4, -0.2) is 57.5 Å². The minimum atomic E-state index is -1.18. The summed E-state index contributed by atoms with van der Waals surface area (Å²) >= 11 is 0. The fourth-order valence-electron chi connectivity index (χ4n) is 3.41. The molecule has 0 radical (unpaired) electrons. The molecule has 0 heterocycles. The molecular formula is C25H40N4O6. The average molecular weight is 493 g/mol. The molecule has 5 N–H and O–H groups in total. The van der Waals surface area contributed by atoms with E-state index in [2.05, 4.69) is 10.6 Å². The first-order valence-electron chi connectivity index (χ1n) is 11.7. The number of nitrogens with zero attached hydrogens (tertiary/aromatic N) is 1. The monoisotopic (exact) mass is 492 g/mol. The number of alkyl carbamates (subject to hydrolysis) is 1. The highest BCUT2D eigenvalue weighted by atomic mass is 16.6. The Morgan fingerprint density at radius 3 is 2.17 bits per heavy atom. The van der Waals surface area contributed by atoms with Crippen molar-refractivity contribution in [1.29, 1.82) is 0 Å². The number of nitrogens with one attached hydrogen (secondary N) is 2. The highest BCUT2D eigenvalue weighted by molar-refractivity contribution is 5.93. The van der Waals surface area contributed by atoms with E-state index in [1.54, 1.807) is 59.7 Å². The van der Waals surface area contributed by atoms with Crippen molar-refractivity contribution in [3.8, 4) is 5.75 Å². The molecule has 0 aliphatic carbocycles. The van der Waals surface area contributed by atoms with Crippen molar-refractivity contribution in [2.24, 2.45) is 5.73 Å². The molecule has 0 saturated carbocycles. The van der Waals surface area contributed by atoms with E-state index >= 15 is 0 Å². The second kappa shape index (κ2) is 12.4. The van der Waals surface area contributed by atoms with Crippen molar-refractivity contribution in [3.63, 3.8) is 0 Å². The van der Waals surface area contributed by atoms with E-state index in [1.807, 2.05) is 6.92 Å². The molecule has 0 aliphatic heterocycles. The second-order valence-electron chi connectivity index (χ2n) is 10.4. The summed E-state index contributed by atoms with van der Waals surface area (Å²) in [5.74, 6) is -1.88. The Labute approximate surface area is 207 Å². The highest BCUT2D eigenvalue weighted by Crippen LogP contribution is 2.30. The minimum Gasteiger partial charge on any atom is -0.508 e. The Morgan fingerprint density at radius 2 is 1.69 bits per heavy atom. The quantitative estimate of drug-likeness (QED) is 0.394. The van der Waals surface area contributed by atoms with Crippen LogP contribution >= 0.6 is 0 Å². The number of hydrogen-bond acceptors (Lipinski definition) is 6. The number of primary amides is 1. The predicted molar refractivity (Wildman–Crippen MR) is 132 cm³/mol. The van der Waals surface area contributed by atoms with Gasteiger partial charge in [0.25, 0.3) is 0 Å². The lowest BCUT2D eigenvalue weighted by molar-refractivity contribution is -0.143. The summed E-state index contributed by atoms with van der Waals surface area (Å²) in [6, 6.07) is 3.91. The fourth-order valence-corrected chi connectivity index (χ4v) is 3.41. The van der Waals surface area contributed by atoms with Crippen LogP contribution in [0.25, 0.3) is 0 Å². The maximum atomic E-state index is 13.8. The van der Waals surface area contributed by atoms with Gasteiger partial charge in [0, 0.05) is 24.1 Å². The number of benzene rings is 1. The number of carbonyl (C=O) groups excluding carboxylic acids is 4. The topological polar surface area (TPSA) is 151 Å². The maximum absolute atomic E-state index is 13.8. The summed E-state index contributed by atoms with van der Waals surface area (Å²) in [6.45, 7) is 12.4. The third kappa shape index (κ3) is 10.2. The van der Waals surface area contributed by atoms with E-state index in [4.69, 9.17) is 10.5 Å². The Balaban J connectivity index is 3.48. The van der Waals surface area contributed by atoms with E-state index in [1.165, 1.54) is 11.0 Å². The van der Waals surface area contributed by atoms with E-state index in [0.717, 1.165) is 0 Å². The van der Waals surface area contributed by atoms with Crippen LogP contribution in [0.1, 0.15) is 79.3 Å². The van der Waals surface area contributed by atoms with Gasteiger partial charge in [-0.05, 0) is 60.5 Å². The van der Waals surface area contributed by atoms with Gasteiger partial charge in [0.1, 0.15) is 23.4 Å². The van der Waals surface area contributed by atoms with Crippen LogP contribution in [0.5, 0.6) is 5.75 Å². The molecule has 4 amide bonds. The number of rotatable bonds is 10. The predicted octanol–water partition coefficient (Wildman–Crippen LogP) is 2.75. The summed E-state index contributed by atoms with van der Waals surface area (Å²) < 4.78 is 5.29. The van der Waals surface area contributed by atoms with Gasteiger partial charge in [0.05, 0.1) is 0 Å². The molecule has 2 unspecified atom stereocenters. The number of amides is 4. The van der Waals surface area contributed by atoms with Gasteiger partial charge in [0.15, 0.2) is 0 Å². The van der Waals surface area contributed by atoms with Gasteiger partial charge in [-0.1, -0.05) is 25.1 Å². The molecule has 35 heavy (non-hydrogen) atoms. The van der Waals surface area contributed by atoms with Crippen LogP contribution in [0.4, 0.5) is 4.79 Å². The molecule has 0 saturated heterocycles. The first-order valence-corrected chi connectivity index (χ1v) is 11.7. The number of ether oxygens (including phenoxy) is 1. The molecule has 0 fully saturated rings. The second-order valence-corrected chi connectivity index (χ2v) is 10.4. The van der Waals surface area contributed by atoms with Crippen LogP contribution in [0, 0.1) is 0 Å². The molecule has 1 aromatic rings. The van der Waals surface area contributed by atoms with Crippen molar-refractivity contribution in [1.82, 2.24) is 15.5 Å². The number of phenols is 1. The molecular weight excluding hydrogens is 452 g/mol. The van der Waals surface area contributed by atoms with Gasteiger partial charge in [0.2, 0.25) is 17.7 Å². The first kappa shape index (κ1) is 29.7. The Morgan fingerprint density at radius 1 is 1.09 bits per heavy atom. The van der Waals surface area contributed by atoms with E-state index in [-0.39, 0.29) is 30.7 Å². The number of nitrogens with two attached hydrogens (primary N) is 1. The van der Waals surface area contributed by atoms with Gasteiger partial charge < -0.3 is 31.1 Å². The van der Waals surface area contributed by atoms with Crippen molar-refractivity contribution in [2.75, 3.05) is 6.54 Å². The molecule has 1 aromatic carbocycles. The first-order chi connectivity index (χ1) is 16.1. The zero-order valence-electron chi connectivity index (χ0n) is 21.8. The van der Waals surface area contributed by atoms with Crippen molar-refractivity contribution in [2.45, 2.75) is 91.0 Å². The maximum Gasteiger partial charge on any atom is 0.408 e. The van der Waals surface area contributed by atoms with Crippen LogP contribution in [0.2, 0.25) is 0 Å². The normalized spacial score (nSPS) is 13.3. The van der Waals surface area contributed by atoms with Gasteiger partial charge in [-0.25, -0.2) is 4.79 Å². The van der Waals surface area contributed by atoms with E-state index in [9.17, 15) is 24.3 Å². The van der Waals surface area contributed by atoms with Crippen LogP contribution < -0.4 is 16.4 Å². The fraction of sp³-hybridized carbons (Fsp3) is 0.600. The molecule has 0 spiro atoms. The van der Waals surface area contributed by atoms with Gasteiger partial charge >= 0.3 is 6.09 Å². The Kier molecular flexibility index (Phi) is 10.5. The summed E-state index contributed by atoms with van der Waals surface area (Å²) in [5.41, 5.74) is 4.11. The molecule has 2 atom stereocenters. The lowest BCUT2D eigenvalue weighted by Gasteiger charge is -2.36. The van der Waals surface area contributed by atoms with Crippen LogP contribution in [0.3, 0.4) is 0 Å². The summed E-state index contributed by atoms with van der Waals surface area (Å²) in [5, 5.41) is 15.9. The molecule has 196 valence electrons. The molecule has 1 rings (SSSR count). The lowest BCUT2D eigenvalue weighted by Crippen LogP contribution is -2.55. The van der Waals surface area contributed by atoms with Gasteiger partial charge in [-0.15, -0.1) is 0 Å².